The van der Waals surface area contributed by atoms with Gasteiger partial charge < -0.3 is 10.6 Å². The minimum atomic E-state index is 0.0318. The summed E-state index contributed by atoms with van der Waals surface area (Å²) in [5.74, 6) is 0.860. The maximum atomic E-state index is 11.2. The van der Waals surface area contributed by atoms with Crippen LogP contribution in [0.3, 0.4) is 0 Å². The predicted molar refractivity (Wildman–Crippen MR) is 65.5 cm³/mol. The van der Waals surface area contributed by atoms with E-state index in [1.807, 2.05) is 32.9 Å². The molecule has 0 aromatic carbocycles. The number of carbonyl (C=O) groups excluding carboxylic acids is 1. The Kier molecular flexibility index (Phi) is 4.28. The lowest BCUT2D eigenvalue weighted by Crippen LogP contribution is -2.27. The van der Waals surface area contributed by atoms with Gasteiger partial charge >= 0.3 is 0 Å². The number of rotatable bonds is 4. The molecule has 16 heavy (non-hydrogen) atoms. The number of hydrogen-bond donors (Lipinski definition) is 2. The first-order valence-electron chi connectivity index (χ1n) is 5.43. The number of carbonyl (C=O) groups is 1. The summed E-state index contributed by atoms with van der Waals surface area (Å²) in [6.07, 6.45) is 0.450. The molecule has 1 unspecified atom stereocenters. The van der Waals surface area contributed by atoms with Gasteiger partial charge in [-0.05, 0) is 38.5 Å². The molecular formula is C12H19N3O. The normalized spacial score (nSPS) is 12.0. The second kappa shape index (κ2) is 5.49. The van der Waals surface area contributed by atoms with E-state index in [2.05, 4.69) is 15.6 Å². The van der Waals surface area contributed by atoms with E-state index in [1.54, 1.807) is 7.05 Å². The molecule has 4 heteroatoms. The summed E-state index contributed by atoms with van der Waals surface area (Å²) in [5, 5.41) is 5.82. The lowest BCUT2D eigenvalue weighted by Gasteiger charge is -2.14. The number of pyridine rings is 1. The van der Waals surface area contributed by atoms with E-state index in [0.717, 1.165) is 11.5 Å². The highest BCUT2D eigenvalue weighted by Crippen LogP contribution is 2.11. The average molecular weight is 221 g/mol. The van der Waals surface area contributed by atoms with Crippen molar-refractivity contribution >= 4 is 11.7 Å². The van der Waals surface area contributed by atoms with Gasteiger partial charge in [-0.3, -0.25) is 4.79 Å². The lowest BCUT2D eigenvalue weighted by molar-refractivity contribution is -0.120. The Morgan fingerprint density at radius 1 is 1.44 bits per heavy atom. The summed E-state index contributed by atoms with van der Waals surface area (Å²) in [7, 11) is 1.64. The summed E-state index contributed by atoms with van der Waals surface area (Å²) in [6, 6.07) is 4.08. The Balaban J connectivity index is 2.62. The summed E-state index contributed by atoms with van der Waals surface area (Å²) >= 11 is 0. The van der Waals surface area contributed by atoms with E-state index in [9.17, 15) is 4.79 Å². The maximum Gasteiger partial charge on any atom is 0.221 e. The summed E-state index contributed by atoms with van der Waals surface area (Å²) in [4.78, 5) is 15.5. The summed E-state index contributed by atoms with van der Waals surface area (Å²) in [5.41, 5.74) is 2.15. The predicted octanol–water partition coefficient (Wildman–Crippen LogP) is 1.63. The number of hydrogen-bond acceptors (Lipinski definition) is 3. The minimum absolute atomic E-state index is 0.0318. The molecule has 1 amide bonds. The van der Waals surface area contributed by atoms with E-state index in [1.165, 1.54) is 5.56 Å². The largest absolute Gasteiger partial charge is 0.367 e. The molecule has 0 radical (unpaired) electrons. The molecule has 4 nitrogen and oxygen atoms in total. The quantitative estimate of drug-likeness (QED) is 0.812. The van der Waals surface area contributed by atoms with Gasteiger partial charge in [0, 0.05) is 25.2 Å². The molecule has 0 aliphatic heterocycles. The fourth-order valence-corrected chi connectivity index (χ4v) is 1.60. The zero-order valence-electron chi connectivity index (χ0n) is 10.3. The molecule has 88 valence electrons. The molecule has 2 N–H and O–H groups in total. The van der Waals surface area contributed by atoms with Gasteiger partial charge in [0.05, 0.1) is 0 Å². The fourth-order valence-electron chi connectivity index (χ4n) is 1.60. The fraction of sp³-hybridized carbons (Fsp3) is 0.500. The Bertz CT molecular complexity index is 356. The van der Waals surface area contributed by atoms with Gasteiger partial charge in [0.25, 0.3) is 0 Å². The zero-order valence-corrected chi connectivity index (χ0v) is 10.3. The monoisotopic (exact) mass is 221 g/mol. The highest BCUT2D eigenvalue weighted by atomic mass is 16.1. The van der Waals surface area contributed by atoms with Crippen molar-refractivity contribution in [2.45, 2.75) is 33.2 Å². The van der Waals surface area contributed by atoms with E-state index in [-0.39, 0.29) is 11.9 Å². The summed E-state index contributed by atoms with van der Waals surface area (Å²) in [6.45, 7) is 5.96. The van der Waals surface area contributed by atoms with Gasteiger partial charge in [-0.1, -0.05) is 0 Å². The SMILES string of the molecule is CNC(=O)CC(C)Nc1cc(C)cc(C)n1. The van der Waals surface area contributed by atoms with Crippen molar-refractivity contribution in [1.29, 1.82) is 0 Å². The van der Waals surface area contributed by atoms with Crippen molar-refractivity contribution in [3.8, 4) is 0 Å². The molecule has 1 aromatic rings. The second-order valence-corrected chi connectivity index (χ2v) is 4.09. The third-order valence-corrected chi connectivity index (χ3v) is 2.26. The number of anilines is 1. The van der Waals surface area contributed by atoms with Crippen molar-refractivity contribution in [2.24, 2.45) is 0 Å². The van der Waals surface area contributed by atoms with Gasteiger partial charge in [-0.2, -0.15) is 0 Å². The van der Waals surface area contributed by atoms with Gasteiger partial charge in [-0.15, -0.1) is 0 Å². The van der Waals surface area contributed by atoms with Gasteiger partial charge in [-0.25, -0.2) is 4.98 Å². The molecule has 0 aliphatic carbocycles. The zero-order chi connectivity index (χ0) is 12.1. The molecule has 1 aromatic heterocycles. The Morgan fingerprint density at radius 2 is 2.12 bits per heavy atom. The first-order chi connectivity index (χ1) is 7.51. The van der Waals surface area contributed by atoms with E-state index < -0.39 is 0 Å². The number of nitrogens with zero attached hydrogens (tertiary/aromatic N) is 1. The van der Waals surface area contributed by atoms with Gasteiger partial charge in [0.2, 0.25) is 5.91 Å². The van der Waals surface area contributed by atoms with Crippen LogP contribution in [0.15, 0.2) is 12.1 Å². The molecule has 0 spiro atoms. The van der Waals surface area contributed by atoms with Crippen LogP contribution in [-0.4, -0.2) is 24.0 Å². The average Bonchev–Trinajstić information content (AvgIpc) is 2.15. The minimum Gasteiger partial charge on any atom is -0.367 e. The maximum absolute atomic E-state index is 11.2. The lowest BCUT2D eigenvalue weighted by atomic mass is 10.2. The second-order valence-electron chi connectivity index (χ2n) is 4.09. The number of nitrogens with one attached hydrogen (secondary N) is 2. The van der Waals surface area contributed by atoms with Crippen molar-refractivity contribution in [3.63, 3.8) is 0 Å². The number of amides is 1. The van der Waals surface area contributed by atoms with Crippen LogP contribution in [-0.2, 0) is 4.79 Å². The third kappa shape index (κ3) is 3.88. The van der Waals surface area contributed by atoms with Crippen LogP contribution in [0, 0.1) is 13.8 Å². The van der Waals surface area contributed by atoms with Crippen LogP contribution in [0.1, 0.15) is 24.6 Å². The van der Waals surface area contributed by atoms with Crippen LogP contribution >= 0.6 is 0 Å². The number of aromatic nitrogens is 1. The standard InChI is InChI=1S/C12H19N3O/c1-8-5-9(2)14-11(6-8)15-10(3)7-12(16)13-4/h5-6,10H,7H2,1-4H3,(H,13,16)(H,14,15). The molecule has 1 atom stereocenters. The van der Waals surface area contributed by atoms with E-state index >= 15 is 0 Å². The Labute approximate surface area is 96.5 Å². The van der Waals surface area contributed by atoms with Crippen molar-refractivity contribution < 1.29 is 4.79 Å². The van der Waals surface area contributed by atoms with Crippen LogP contribution < -0.4 is 10.6 Å². The third-order valence-electron chi connectivity index (χ3n) is 2.26. The first kappa shape index (κ1) is 12.5. The van der Waals surface area contributed by atoms with Crippen LogP contribution in [0.5, 0.6) is 0 Å². The smallest absolute Gasteiger partial charge is 0.221 e. The molecule has 0 saturated heterocycles. The van der Waals surface area contributed by atoms with E-state index in [0.29, 0.717) is 6.42 Å². The van der Waals surface area contributed by atoms with E-state index in [4.69, 9.17) is 0 Å². The number of aryl methyl sites for hydroxylation is 2. The molecule has 1 heterocycles. The van der Waals surface area contributed by atoms with Gasteiger partial charge in [0.15, 0.2) is 0 Å². The first-order valence-corrected chi connectivity index (χ1v) is 5.43. The molecular weight excluding hydrogens is 202 g/mol. The highest BCUT2D eigenvalue weighted by molar-refractivity contribution is 5.76. The van der Waals surface area contributed by atoms with Crippen molar-refractivity contribution in [2.75, 3.05) is 12.4 Å². The molecule has 1 rings (SSSR count). The van der Waals surface area contributed by atoms with Crippen molar-refractivity contribution in [1.82, 2.24) is 10.3 Å². The summed E-state index contributed by atoms with van der Waals surface area (Å²) < 4.78 is 0. The van der Waals surface area contributed by atoms with Gasteiger partial charge in [0.1, 0.15) is 5.82 Å². The van der Waals surface area contributed by atoms with Crippen molar-refractivity contribution in [3.05, 3.63) is 23.4 Å². The topological polar surface area (TPSA) is 54.0 Å². The Hall–Kier alpha value is -1.58. The highest BCUT2D eigenvalue weighted by Gasteiger charge is 2.08. The molecule has 0 aliphatic rings. The Morgan fingerprint density at radius 3 is 2.69 bits per heavy atom. The molecule has 0 fully saturated rings. The van der Waals surface area contributed by atoms with Crippen LogP contribution in [0.4, 0.5) is 5.82 Å². The van der Waals surface area contributed by atoms with Crippen LogP contribution in [0.25, 0.3) is 0 Å². The molecule has 0 bridgehead atoms. The molecule has 0 saturated carbocycles. The van der Waals surface area contributed by atoms with Crippen LogP contribution in [0.2, 0.25) is 0 Å².